The van der Waals surface area contributed by atoms with Gasteiger partial charge in [0.25, 0.3) is 0 Å². The predicted molar refractivity (Wildman–Crippen MR) is 86.7 cm³/mol. The fourth-order valence-corrected chi connectivity index (χ4v) is 2.84. The van der Waals surface area contributed by atoms with Crippen LogP contribution >= 0.6 is 0 Å². The minimum absolute atomic E-state index is 0.496. The number of hydrogen-bond donors (Lipinski definition) is 1. The summed E-state index contributed by atoms with van der Waals surface area (Å²) < 4.78 is 5.79. The Kier molecular flexibility index (Phi) is 3.96. The topological polar surface area (TPSA) is 51.4 Å². The SMILES string of the molecule is CCC1(C)CCN(c2ccc(N)c(OCC3CC3)n2)CC1. The van der Waals surface area contributed by atoms with Crippen molar-refractivity contribution in [2.45, 2.75) is 46.0 Å². The molecule has 2 N–H and O–H groups in total. The number of piperidine rings is 1. The summed E-state index contributed by atoms with van der Waals surface area (Å²) in [6.45, 7) is 7.59. The molecule has 0 unspecified atom stereocenters. The van der Waals surface area contributed by atoms with Crippen molar-refractivity contribution in [1.82, 2.24) is 4.98 Å². The van der Waals surface area contributed by atoms with Crippen molar-refractivity contribution in [2.24, 2.45) is 11.3 Å². The lowest BCUT2D eigenvalue weighted by atomic mass is 9.78. The summed E-state index contributed by atoms with van der Waals surface area (Å²) in [5, 5.41) is 0. The van der Waals surface area contributed by atoms with Crippen LogP contribution < -0.4 is 15.4 Å². The van der Waals surface area contributed by atoms with Crippen LogP contribution in [0.3, 0.4) is 0 Å². The van der Waals surface area contributed by atoms with Crippen LogP contribution in [-0.4, -0.2) is 24.7 Å². The second-order valence-corrected chi connectivity index (χ2v) is 6.97. The van der Waals surface area contributed by atoms with Gasteiger partial charge in [0.1, 0.15) is 5.82 Å². The summed E-state index contributed by atoms with van der Waals surface area (Å²) in [5.74, 6) is 2.34. The molecule has 1 aromatic rings. The van der Waals surface area contributed by atoms with Crippen molar-refractivity contribution in [1.29, 1.82) is 0 Å². The molecule has 2 heterocycles. The zero-order valence-electron chi connectivity index (χ0n) is 13.3. The van der Waals surface area contributed by atoms with Crippen LogP contribution in [0.1, 0.15) is 46.0 Å². The number of rotatable bonds is 5. The Morgan fingerprint density at radius 3 is 2.67 bits per heavy atom. The van der Waals surface area contributed by atoms with Crippen molar-refractivity contribution >= 4 is 11.5 Å². The van der Waals surface area contributed by atoms with E-state index in [-0.39, 0.29) is 0 Å². The Labute approximate surface area is 127 Å². The zero-order valence-corrected chi connectivity index (χ0v) is 13.3. The minimum atomic E-state index is 0.496. The molecule has 0 atom stereocenters. The number of anilines is 2. The van der Waals surface area contributed by atoms with Gasteiger partial charge in [0.05, 0.1) is 12.3 Å². The number of pyridine rings is 1. The first kappa shape index (κ1) is 14.5. The van der Waals surface area contributed by atoms with Crippen LogP contribution in [0.25, 0.3) is 0 Å². The molecule has 1 aliphatic heterocycles. The number of nitrogens with zero attached hydrogens (tertiary/aromatic N) is 2. The molecule has 1 aliphatic carbocycles. The van der Waals surface area contributed by atoms with Crippen molar-refractivity contribution in [3.63, 3.8) is 0 Å². The van der Waals surface area contributed by atoms with Crippen LogP contribution in [0.2, 0.25) is 0 Å². The van der Waals surface area contributed by atoms with Gasteiger partial charge in [-0.3, -0.25) is 0 Å². The fourth-order valence-electron chi connectivity index (χ4n) is 2.84. The molecule has 1 saturated heterocycles. The van der Waals surface area contributed by atoms with Crippen LogP contribution in [0.15, 0.2) is 12.1 Å². The van der Waals surface area contributed by atoms with E-state index in [0.29, 0.717) is 17.0 Å². The first-order valence-electron chi connectivity index (χ1n) is 8.24. The van der Waals surface area contributed by atoms with E-state index in [9.17, 15) is 0 Å². The van der Waals surface area contributed by atoms with E-state index in [0.717, 1.165) is 31.4 Å². The third kappa shape index (κ3) is 3.42. The third-order valence-corrected chi connectivity index (χ3v) is 5.18. The summed E-state index contributed by atoms with van der Waals surface area (Å²) in [5.41, 5.74) is 7.13. The molecular formula is C17H27N3O. The molecule has 21 heavy (non-hydrogen) atoms. The molecule has 4 nitrogen and oxygen atoms in total. The van der Waals surface area contributed by atoms with Crippen molar-refractivity contribution in [2.75, 3.05) is 30.3 Å². The summed E-state index contributed by atoms with van der Waals surface area (Å²) in [4.78, 5) is 7.01. The van der Waals surface area contributed by atoms with Gasteiger partial charge in [-0.2, -0.15) is 4.98 Å². The quantitative estimate of drug-likeness (QED) is 0.901. The normalized spacial score (nSPS) is 21.3. The first-order valence-corrected chi connectivity index (χ1v) is 8.24. The summed E-state index contributed by atoms with van der Waals surface area (Å²) in [6, 6.07) is 3.95. The second kappa shape index (κ2) is 5.74. The maximum Gasteiger partial charge on any atom is 0.239 e. The summed E-state index contributed by atoms with van der Waals surface area (Å²) >= 11 is 0. The molecule has 4 heteroatoms. The van der Waals surface area contributed by atoms with Crippen molar-refractivity contribution < 1.29 is 4.74 Å². The van der Waals surface area contributed by atoms with Crippen molar-refractivity contribution in [3.05, 3.63) is 12.1 Å². The number of hydrogen-bond acceptors (Lipinski definition) is 4. The van der Waals surface area contributed by atoms with Gasteiger partial charge < -0.3 is 15.4 Å². The Bertz CT molecular complexity index is 491. The molecule has 0 amide bonds. The maximum atomic E-state index is 5.98. The summed E-state index contributed by atoms with van der Waals surface area (Å²) in [7, 11) is 0. The van der Waals surface area contributed by atoms with Gasteiger partial charge in [0.15, 0.2) is 0 Å². The van der Waals surface area contributed by atoms with Gasteiger partial charge in [-0.25, -0.2) is 0 Å². The Balaban J connectivity index is 1.66. The van der Waals surface area contributed by atoms with E-state index in [1.54, 1.807) is 0 Å². The van der Waals surface area contributed by atoms with Crippen LogP contribution in [0.4, 0.5) is 11.5 Å². The molecule has 116 valence electrons. The zero-order chi connectivity index (χ0) is 14.9. The van der Waals surface area contributed by atoms with E-state index >= 15 is 0 Å². The predicted octanol–water partition coefficient (Wildman–Crippen LogP) is 3.47. The lowest BCUT2D eigenvalue weighted by Crippen LogP contribution is -2.38. The van der Waals surface area contributed by atoms with Gasteiger partial charge in [0, 0.05) is 13.1 Å². The largest absolute Gasteiger partial charge is 0.476 e. The monoisotopic (exact) mass is 289 g/mol. The van der Waals surface area contributed by atoms with Crippen LogP contribution in [-0.2, 0) is 0 Å². The van der Waals surface area contributed by atoms with E-state index in [1.165, 1.54) is 32.1 Å². The highest BCUT2D eigenvalue weighted by molar-refractivity contribution is 5.54. The lowest BCUT2D eigenvalue weighted by molar-refractivity contribution is 0.237. The second-order valence-electron chi connectivity index (χ2n) is 6.97. The lowest BCUT2D eigenvalue weighted by Gasteiger charge is -2.39. The number of aromatic nitrogens is 1. The Morgan fingerprint density at radius 2 is 2.05 bits per heavy atom. The molecule has 0 bridgehead atoms. The first-order chi connectivity index (χ1) is 10.1. The molecular weight excluding hydrogens is 262 g/mol. The highest BCUT2D eigenvalue weighted by atomic mass is 16.5. The average molecular weight is 289 g/mol. The molecule has 0 aromatic carbocycles. The van der Waals surface area contributed by atoms with Gasteiger partial charge in [0.2, 0.25) is 5.88 Å². The van der Waals surface area contributed by atoms with E-state index in [1.807, 2.05) is 12.1 Å². The molecule has 2 fully saturated rings. The smallest absolute Gasteiger partial charge is 0.239 e. The van der Waals surface area contributed by atoms with Crippen LogP contribution in [0.5, 0.6) is 5.88 Å². The van der Waals surface area contributed by atoms with E-state index in [4.69, 9.17) is 10.5 Å². The molecule has 2 aliphatic rings. The molecule has 3 rings (SSSR count). The van der Waals surface area contributed by atoms with Crippen LogP contribution in [0, 0.1) is 11.3 Å². The standard InChI is InChI=1S/C17H27N3O/c1-3-17(2)8-10-20(11-9-17)15-7-6-14(18)16(19-15)21-12-13-4-5-13/h6-7,13H,3-5,8-12,18H2,1-2H3. The molecule has 1 saturated carbocycles. The van der Waals surface area contributed by atoms with Gasteiger partial charge >= 0.3 is 0 Å². The Hall–Kier alpha value is -1.45. The van der Waals surface area contributed by atoms with Gasteiger partial charge in [-0.05, 0) is 49.1 Å². The van der Waals surface area contributed by atoms with Gasteiger partial charge in [-0.15, -0.1) is 0 Å². The maximum absolute atomic E-state index is 5.98. The fraction of sp³-hybridized carbons (Fsp3) is 0.706. The highest BCUT2D eigenvalue weighted by Crippen LogP contribution is 2.36. The molecule has 0 spiro atoms. The molecule has 1 aromatic heterocycles. The average Bonchev–Trinajstić information content (AvgIpc) is 3.32. The highest BCUT2D eigenvalue weighted by Gasteiger charge is 2.29. The van der Waals surface area contributed by atoms with Crippen molar-refractivity contribution in [3.8, 4) is 5.88 Å². The third-order valence-electron chi connectivity index (χ3n) is 5.18. The summed E-state index contributed by atoms with van der Waals surface area (Å²) in [6.07, 6.45) is 6.27. The number of ether oxygens (including phenoxy) is 1. The molecule has 0 radical (unpaired) electrons. The van der Waals surface area contributed by atoms with Gasteiger partial charge in [-0.1, -0.05) is 20.3 Å². The minimum Gasteiger partial charge on any atom is -0.476 e. The number of nitrogen functional groups attached to an aromatic ring is 1. The van der Waals surface area contributed by atoms with E-state index < -0.39 is 0 Å². The van der Waals surface area contributed by atoms with E-state index in [2.05, 4.69) is 23.7 Å². The Morgan fingerprint density at radius 1 is 1.33 bits per heavy atom. The number of nitrogens with two attached hydrogens (primary N) is 1.